The van der Waals surface area contributed by atoms with Crippen LogP contribution in [-0.4, -0.2) is 5.97 Å². The Morgan fingerprint density at radius 2 is 1.94 bits per heavy atom. The molecule has 0 unspecified atom stereocenters. The summed E-state index contributed by atoms with van der Waals surface area (Å²) < 4.78 is 5.15. The van der Waals surface area contributed by atoms with Crippen molar-refractivity contribution in [3.05, 3.63) is 64.7 Å². The van der Waals surface area contributed by atoms with Gasteiger partial charge in [-0.2, -0.15) is 5.26 Å². The number of nitrogens with zero attached hydrogens (tertiary/aromatic N) is 1. The molecule has 0 aliphatic rings. The number of nitriles is 1. The van der Waals surface area contributed by atoms with Gasteiger partial charge in [-0.1, -0.05) is 23.7 Å². The van der Waals surface area contributed by atoms with Crippen molar-refractivity contribution >= 4 is 17.6 Å². The van der Waals surface area contributed by atoms with Crippen molar-refractivity contribution in [2.45, 2.75) is 0 Å². The smallest absolute Gasteiger partial charge is 0.343 e. The van der Waals surface area contributed by atoms with Gasteiger partial charge in [0.15, 0.2) is 0 Å². The summed E-state index contributed by atoms with van der Waals surface area (Å²) in [5.41, 5.74) is 0.740. The lowest BCUT2D eigenvalue weighted by Gasteiger charge is -2.04. The molecule has 0 amide bonds. The minimum atomic E-state index is -0.519. The van der Waals surface area contributed by atoms with E-state index in [0.717, 1.165) is 0 Å². The van der Waals surface area contributed by atoms with E-state index in [4.69, 9.17) is 21.6 Å². The highest BCUT2D eigenvalue weighted by molar-refractivity contribution is 6.30. The van der Waals surface area contributed by atoms with E-state index in [0.29, 0.717) is 21.9 Å². The van der Waals surface area contributed by atoms with Crippen molar-refractivity contribution in [1.29, 1.82) is 5.26 Å². The Kier molecular flexibility index (Phi) is 3.61. The van der Waals surface area contributed by atoms with Crippen LogP contribution >= 0.6 is 11.6 Å². The monoisotopic (exact) mass is 257 g/mol. The molecule has 0 bridgehead atoms. The predicted molar refractivity (Wildman–Crippen MR) is 67.6 cm³/mol. The van der Waals surface area contributed by atoms with Gasteiger partial charge in [-0.05, 0) is 36.4 Å². The number of carbonyl (C=O) groups is 1. The molecule has 88 valence electrons. The third-order valence-corrected chi connectivity index (χ3v) is 2.47. The Bertz CT molecular complexity index is 632. The fourth-order valence-electron chi connectivity index (χ4n) is 1.41. The fraction of sp³-hybridized carbons (Fsp3) is 0. The van der Waals surface area contributed by atoms with Crippen LogP contribution in [0.1, 0.15) is 15.9 Å². The summed E-state index contributed by atoms with van der Waals surface area (Å²) >= 11 is 5.79. The zero-order valence-electron chi connectivity index (χ0n) is 9.26. The van der Waals surface area contributed by atoms with Gasteiger partial charge in [0.05, 0.1) is 17.2 Å². The number of ether oxygens (including phenoxy) is 1. The van der Waals surface area contributed by atoms with Crippen molar-refractivity contribution in [2.75, 3.05) is 0 Å². The molecule has 0 radical (unpaired) electrons. The topological polar surface area (TPSA) is 50.1 Å². The SMILES string of the molecule is N#Cc1cccc(C(=O)Oc2cccc(Cl)c2)c1. The van der Waals surface area contributed by atoms with Crippen LogP contribution in [0.5, 0.6) is 5.75 Å². The highest BCUT2D eigenvalue weighted by atomic mass is 35.5. The van der Waals surface area contributed by atoms with Gasteiger partial charge >= 0.3 is 5.97 Å². The van der Waals surface area contributed by atoms with Gasteiger partial charge in [0.1, 0.15) is 5.75 Å². The van der Waals surface area contributed by atoms with Crippen LogP contribution < -0.4 is 4.74 Å². The molecule has 0 saturated carbocycles. The molecular weight excluding hydrogens is 250 g/mol. The second-order valence-electron chi connectivity index (χ2n) is 3.54. The summed E-state index contributed by atoms with van der Waals surface area (Å²) in [6.07, 6.45) is 0. The molecule has 0 heterocycles. The molecule has 0 saturated heterocycles. The van der Waals surface area contributed by atoms with E-state index in [9.17, 15) is 4.79 Å². The van der Waals surface area contributed by atoms with Gasteiger partial charge in [0.2, 0.25) is 0 Å². The lowest BCUT2D eigenvalue weighted by Crippen LogP contribution is -2.08. The highest BCUT2D eigenvalue weighted by Gasteiger charge is 2.09. The molecule has 0 atom stereocenters. The van der Waals surface area contributed by atoms with Crippen molar-refractivity contribution < 1.29 is 9.53 Å². The van der Waals surface area contributed by atoms with E-state index < -0.39 is 5.97 Å². The van der Waals surface area contributed by atoms with E-state index >= 15 is 0 Å². The van der Waals surface area contributed by atoms with Crippen LogP contribution in [0.3, 0.4) is 0 Å². The van der Waals surface area contributed by atoms with Crippen LogP contribution in [0.4, 0.5) is 0 Å². The van der Waals surface area contributed by atoms with Gasteiger partial charge in [-0.15, -0.1) is 0 Å². The summed E-state index contributed by atoms with van der Waals surface area (Å²) in [6.45, 7) is 0. The maximum atomic E-state index is 11.8. The Morgan fingerprint density at radius 3 is 2.67 bits per heavy atom. The van der Waals surface area contributed by atoms with Crippen molar-refractivity contribution in [2.24, 2.45) is 0 Å². The molecule has 0 aliphatic carbocycles. The number of benzene rings is 2. The second-order valence-corrected chi connectivity index (χ2v) is 3.98. The Labute approximate surface area is 109 Å². The summed E-state index contributed by atoms with van der Waals surface area (Å²) in [5, 5.41) is 9.24. The molecule has 0 N–H and O–H groups in total. The Balaban J connectivity index is 2.20. The molecule has 0 spiro atoms. The largest absolute Gasteiger partial charge is 0.423 e. The molecule has 0 fully saturated rings. The minimum absolute atomic E-state index is 0.328. The zero-order valence-corrected chi connectivity index (χ0v) is 10.0. The molecule has 0 aromatic heterocycles. The van der Waals surface area contributed by atoms with Gasteiger partial charge in [0.25, 0.3) is 0 Å². The number of rotatable bonds is 2. The molecule has 4 heteroatoms. The molecule has 2 aromatic carbocycles. The fourth-order valence-corrected chi connectivity index (χ4v) is 1.59. The Hall–Kier alpha value is -2.31. The third kappa shape index (κ3) is 2.88. The molecule has 2 rings (SSSR count). The normalized spacial score (nSPS) is 9.56. The highest BCUT2D eigenvalue weighted by Crippen LogP contribution is 2.18. The van der Waals surface area contributed by atoms with E-state index in [2.05, 4.69) is 0 Å². The quantitative estimate of drug-likeness (QED) is 0.612. The maximum absolute atomic E-state index is 11.8. The zero-order chi connectivity index (χ0) is 13.0. The first kappa shape index (κ1) is 12.2. The van der Waals surface area contributed by atoms with Gasteiger partial charge in [-0.3, -0.25) is 0 Å². The van der Waals surface area contributed by atoms with Crippen LogP contribution in [0.2, 0.25) is 5.02 Å². The molecule has 0 aliphatic heterocycles. The molecule has 2 aromatic rings. The first-order valence-corrected chi connectivity index (χ1v) is 5.55. The lowest BCUT2D eigenvalue weighted by molar-refractivity contribution is 0.0735. The van der Waals surface area contributed by atoms with Gasteiger partial charge in [0, 0.05) is 5.02 Å². The first-order chi connectivity index (χ1) is 8.69. The predicted octanol–water partition coefficient (Wildman–Crippen LogP) is 3.43. The van der Waals surface area contributed by atoms with E-state index in [1.807, 2.05) is 6.07 Å². The van der Waals surface area contributed by atoms with Gasteiger partial charge < -0.3 is 4.74 Å². The minimum Gasteiger partial charge on any atom is -0.423 e. The van der Waals surface area contributed by atoms with E-state index in [1.165, 1.54) is 6.07 Å². The standard InChI is InChI=1S/C14H8ClNO2/c15-12-5-2-6-13(8-12)18-14(17)11-4-1-3-10(7-11)9-16/h1-8H. The average molecular weight is 258 g/mol. The summed E-state index contributed by atoms with van der Waals surface area (Å²) in [5.74, 6) is -0.149. The van der Waals surface area contributed by atoms with Crippen molar-refractivity contribution in [3.8, 4) is 11.8 Å². The second kappa shape index (κ2) is 5.35. The Morgan fingerprint density at radius 1 is 1.17 bits per heavy atom. The average Bonchev–Trinajstić information content (AvgIpc) is 2.39. The lowest BCUT2D eigenvalue weighted by atomic mass is 10.1. The van der Waals surface area contributed by atoms with E-state index in [-0.39, 0.29) is 0 Å². The molecule has 18 heavy (non-hydrogen) atoms. The van der Waals surface area contributed by atoms with Crippen molar-refractivity contribution in [3.63, 3.8) is 0 Å². The first-order valence-electron chi connectivity index (χ1n) is 5.17. The van der Waals surface area contributed by atoms with Crippen molar-refractivity contribution in [1.82, 2.24) is 0 Å². The van der Waals surface area contributed by atoms with Gasteiger partial charge in [-0.25, -0.2) is 4.79 Å². The molecular formula is C14H8ClNO2. The number of carbonyl (C=O) groups excluding carboxylic acids is 1. The van der Waals surface area contributed by atoms with Crippen LogP contribution in [-0.2, 0) is 0 Å². The van der Waals surface area contributed by atoms with E-state index in [1.54, 1.807) is 42.5 Å². The van der Waals surface area contributed by atoms with Crippen LogP contribution in [0, 0.1) is 11.3 Å². The number of hydrogen-bond acceptors (Lipinski definition) is 3. The van der Waals surface area contributed by atoms with Crippen LogP contribution in [0.15, 0.2) is 48.5 Å². The number of esters is 1. The number of hydrogen-bond donors (Lipinski definition) is 0. The summed E-state index contributed by atoms with van der Waals surface area (Å²) in [4.78, 5) is 11.8. The number of halogens is 1. The summed E-state index contributed by atoms with van der Waals surface area (Å²) in [6, 6.07) is 14.9. The maximum Gasteiger partial charge on any atom is 0.343 e. The third-order valence-electron chi connectivity index (χ3n) is 2.23. The van der Waals surface area contributed by atoms with Crippen LogP contribution in [0.25, 0.3) is 0 Å². The molecule has 3 nitrogen and oxygen atoms in total. The summed E-state index contributed by atoms with van der Waals surface area (Å²) in [7, 11) is 0.